The minimum absolute atomic E-state index is 0.102. The van der Waals surface area contributed by atoms with Crippen LogP contribution in [-0.2, 0) is 6.18 Å². The normalized spacial score (nSPS) is 16.7. The van der Waals surface area contributed by atoms with Gasteiger partial charge in [0.2, 0.25) is 0 Å². The molecule has 0 amide bonds. The second-order valence-corrected chi connectivity index (χ2v) is 12.9. The second kappa shape index (κ2) is 13.1. The first kappa shape index (κ1) is 32.2. The standard InChI is InChI=1S/C31H28Cl2F4N8S/c1-2-44-9-7-20(8-10-44)45-16-25(42-43-45)30(26-5-6-27(46-26)31(35,36)37)41-19-11-21-28(40-18-3-4-24(34)22(32)12-18)17(14-38)15-39-29(21)23(33)13-19/h3-6,11-13,15-16,20,30,41-43H,2,7-10H2,1H3,(H,39,40)/t30-/m1/s1. The van der Waals surface area contributed by atoms with E-state index >= 15 is 0 Å². The SMILES string of the molecule is CCN1CCC(N2C=C([C@@H](Nc3cc(Cl)c4ncc(C#N)c(Nc5ccc(F)c(Cl)c5)c4c3)c3ccc(C(F)(F)F)s3)NN2)CC1. The Balaban J connectivity index is 1.38. The number of rotatable bonds is 8. The second-order valence-electron chi connectivity index (χ2n) is 10.9. The molecular weight excluding hydrogens is 663 g/mol. The van der Waals surface area contributed by atoms with Crippen LogP contribution in [0.5, 0.6) is 0 Å². The molecule has 6 rings (SSSR count). The molecule has 2 aromatic carbocycles. The maximum Gasteiger partial charge on any atom is 0.425 e. The minimum Gasteiger partial charge on any atom is -0.372 e. The van der Waals surface area contributed by atoms with Gasteiger partial charge in [-0.1, -0.05) is 30.1 Å². The number of aromatic nitrogens is 1. The number of hydrogen-bond acceptors (Lipinski definition) is 9. The highest BCUT2D eigenvalue weighted by Crippen LogP contribution is 2.41. The molecule has 4 aromatic rings. The third-order valence-corrected chi connectivity index (χ3v) is 9.82. The van der Waals surface area contributed by atoms with Crippen LogP contribution in [0, 0.1) is 17.1 Å². The van der Waals surface area contributed by atoms with E-state index in [1.165, 1.54) is 30.5 Å². The van der Waals surface area contributed by atoms with Gasteiger partial charge >= 0.3 is 6.18 Å². The highest BCUT2D eigenvalue weighted by Gasteiger charge is 2.35. The van der Waals surface area contributed by atoms with Gasteiger partial charge in [-0.2, -0.15) is 18.4 Å². The maximum absolute atomic E-state index is 13.8. The largest absolute Gasteiger partial charge is 0.425 e. The first-order chi connectivity index (χ1) is 22.0. The van der Waals surface area contributed by atoms with Crippen LogP contribution < -0.4 is 21.6 Å². The Bertz CT molecular complexity index is 1830. The monoisotopic (exact) mass is 690 g/mol. The zero-order chi connectivity index (χ0) is 32.6. The lowest BCUT2D eigenvalue weighted by Gasteiger charge is -2.35. The Morgan fingerprint density at radius 3 is 2.54 bits per heavy atom. The number of likely N-dealkylation sites (tertiary alicyclic amines) is 1. The molecule has 0 spiro atoms. The topological polar surface area (TPSA) is 91.3 Å². The van der Waals surface area contributed by atoms with Crippen molar-refractivity contribution < 1.29 is 17.6 Å². The van der Waals surface area contributed by atoms with E-state index in [4.69, 9.17) is 23.2 Å². The summed E-state index contributed by atoms with van der Waals surface area (Å²) in [5.41, 5.74) is 8.80. The van der Waals surface area contributed by atoms with E-state index in [2.05, 4.69) is 44.5 Å². The predicted octanol–water partition coefficient (Wildman–Crippen LogP) is 8.18. The molecule has 240 valence electrons. The summed E-state index contributed by atoms with van der Waals surface area (Å²) in [6.45, 7) is 5.03. The van der Waals surface area contributed by atoms with E-state index in [0.717, 1.165) is 38.5 Å². The average Bonchev–Trinajstić information content (AvgIpc) is 3.73. The van der Waals surface area contributed by atoms with Crippen LogP contribution in [0.3, 0.4) is 0 Å². The highest BCUT2D eigenvalue weighted by atomic mass is 35.5. The molecule has 0 unspecified atom stereocenters. The van der Waals surface area contributed by atoms with Crippen LogP contribution in [0.2, 0.25) is 10.0 Å². The number of hydrogen-bond donors (Lipinski definition) is 4. The number of alkyl halides is 3. The fourth-order valence-electron chi connectivity index (χ4n) is 5.61. The lowest BCUT2D eigenvalue weighted by Crippen LogP contribution is -2.48. The van der Waals surface area contributed by atoms with Crippen molar-refractivity contribution in [2.75, 3.05) is 30.3 Å². The number of halogens is 6. The summed E-state index contributed by atoms with van der Waals surface area (Å²) in [5, 5.41) is 19.0. The fraction of sp³-hybridized carbons (Fsp3) is 0.290. The summed E-state index contributed by atoms with van der Waals surface area (Å²) in [4.78, 5) is 6.46. The number of pyridine rings is 1. The third kappa shape index (κ3) is 6.67. The van der Waals surface area contributed by atoms with Crippen molar-refractivity contribution in [1.82, 2.24) is 25.9 Å². The molecular formula is C31H28Cl2F4N8S. The Kier molecular flexibility index (Phi) is 9.18. The molecule has 0 bridgehead atoms. The predicted molar refractivity (Wildman–Crippen MR) is 173 cm³/mol. The maximum atomic E-state index is 13.8. The number of thiophene rings is 1. The average molecular weight is 692 g/mol. The zero-order valence-electron chi connectivity index (χ0n) is 24.4. The van der Waals surface area contributed by atoms with Gasteiger partial charge in [0.15, 0.2) is 0 Å². The molecule has 2 aliphatic heterocycles. The highest BCUT2D eigenvalue weighted by molar-refractivity contribution is 7.12. The van der Waals surface area contributed by atoms with Crippen molar-refractivity contribution in [3.8, 4) is 6.07 Å². The van der Waals surface area contributed by atoms with Gasteiger partial charge in [0.25, 0.3) is 0 Å². The molecule has 0 saturated carbocycles. The van der Waals surface area contributed by atoms with E-state index in [0.29, 0.717) is 49.9 Å². The van der Waals surface area contributed by atoms with Crippen molar-refractivity contribution in [2.45, 2.75) is 38.0 Å². The molecule has 15 heteroatoms. The van der Waals surface area contributed by atoms with Gasteiger partial charge in [0, 0.05) is 53.2 Å². The van der Waals surface area contributed by atoms with Crippen LogP contribution in [-0.4, -0.2) is 40.6 Å². The van der Waals surface area contributed by atoms with Crippen molar-refractivity contribution in [3.63, 3.8) is 0 Å². The number of anilines is 3. The summed E-state index contributed by atoms with van der Waals surface area (Å²) in [6.07, 6.45) is 0.648. The summed E-state index contributed by atoms with van der Waals surface area (Å²) in [5.74, 6) is -0.593. The molecule has 0 aliphatic carbocycles. The molecule has 4 N–H and O–H groups in total. The van der Waals surface area contributed by atoms with Gasteiger partial charge in [0.1, 0.15) is 22.8 Å². The summed E-state index contributed by atoms with van der Waals surface area (Å²) >= 11 is 13.3. The summed E-state index contributed by atoms with van der Waals surface area (Å²) in [7, 11) is 0. The molecule has 2 aliphatic rings. The molecule has 1 saturated heterocycles. The molecule has 2 aromatic heterocycles. The Morgan fingerprint density at radius 2 is 1.87 bits per heavy atom. The van der Waals surface area contributed by atoms with Crippen LogP contribution in [0.4, 0.5) is 34.6 Å². The van der Waals surface area contributed by atoms with Crippen LogP contribution in [0.15, 0.2) is 60.6 Å². The Labute approximate surface area is 276 Å². The van der Waals surface area contributed by atoms with Gasteiger partial charge in [-0.15, -0.1) is 16.9 Å². The molecule has 46 heavy (non-hydrogen) atoms. The number of piperidine rings is 1. The van der Waals surface area contributed by atoms with Gasteiger partial charge in [-0.3, -0.25) is 9.99 Å². The van der Waals surface area contributed by atoms with Crippen LogP contribution in [0.1, 0.15) is 41.1 Å². The van der Waals surface area contributed by atoms with E-state index < -0.39 is 22.9 Å². The number of hydrazine groups is 2. The van der Waals surface area contributed by atoms with Gasteiger partial charge in [-0.05, 0) is 61.9 Å². The quantitative estimate of drug-likeness (QED) is 0.138. The van der Waals surface area contributed by atoms with Gasteiger partial charge < -0.3 is 21.0 Å². The first-order valence-corrected chi connectivity index (χ1v) is 16.0. The fourth-order valence-corrected chi connectivity index (χ4v) is 7.00. The number of benzene rings is 2. The smallest absolute Gasteiger partial charge is 0.372 e. The van der Waals surface area contributed by atoms with Crippen molar-refractivity contribution in [2.24, 2.45) is 0 Å². The number of nitrogens with one attached hydrogen (secondary N) is 4. The Hall–Kier alpha value is -3.80. The lowest BCUT2D eigenvalue weighted by atomic mass is 10.0. The summed E-state index contributed by atoms with van der Waals surface area (Å²) in [6, 6.07) is 11.5. The van der Waals surface area contributed by atoms with E-state index in [9.17, 15) is 22.8 Å². The molecule has 0 radical (unpaired) electrons. The Morgan fingerprint density at radius 1 is 1.11 bits per heavy atom. The number of fused-ring (bicyclic) bond motifs is 1. The molecule has 1 atom stereocenters. The van der Waals surface area contributed by atoms with Crippen LogP contribution in [0.25, 0.3) is 10.9 Å². The first-order valence-electron chi connectivity index (χ1n) is 14.5. The molecule has 4 heterocycles. The van der Waals surface area contributed by atoms with Crippen molar-refractivity contribution in [1.29, 1.82) is 5.26 Å². The molecule has 1 fully saturated rings. The molecule has 8 nitrogen and oxygen atoms in total. The zero-order valence-corrected chi connectivity index (χ0v) is 26.7. The third-order valence-electron chi connectivity index (χ3n) is 8.05. The van der Waals surface area contributed by atoms with Crippen LogP contribution >= 0.6 is 34.5 Å². The van der Waals surface area contributed by atoms with E-state index in [1.54, 1.807) is 12.1 Å². The van der Waals surface area contributed by atoms with E-state index in [-0.39, 0.29) is 21.7 Å². The summed E-state index contributed by atoms with van der Waals surface area (Å²) < 4.78 is 54.8. The van der Waals surface area contributed by atoms with Gasteiger partial charge in [0.05, 0.1) is 32.5 Å². The minimum atomic E-state index is -4.49. The number of nitriles is 1. The van der Waals surface area contributed by atoms with Crippen molar-refractivity contribution >= 4 is 62.5 Å². The lowest BCUT2D eigenvalue weighted by molar-refractivity contribution is -0.134. The van der Waals surface area contributed by atoms with E-state index in [1.807, 2.05) is 11.2 Å². The number of nitrogens with zero attached hydrogens (tertiary/aromatic N) is 4. The van der Waals surface area contributed by atoms with Gasteiger partial charge in [-0.25, -0.2) is 4.39 Å². The van der Waals surface area contributed by atoms with Crippen molar-refractivity contribution in [3.05, 3.63) is 91.7 Å².